The van der Waals surface area contributed by atoms with Crippen molar-refractivity contribution in [1.29, 1.82) is 0 Å². The summed E-state index contributed by atoms with van der Waals surface area (Å²) in [6.45, 7) is 7.30. The molecule has 6 heteroatoms. The Bertz CT molecular complexity index is 1160. The van der Waals surface area contributed by atoms with Crippen molar-refractivity contribution in [2.24, 2.45) is 0 Å². The molecule has 0 atom stereocenters. The van der Waals surface area contributed by atoms with Crippen molar-refractivity contribution in [3.63, 3.8) is 0 Å². The van der Waals surface area contributed by atoms with Gasteiger partial charge in [0.05, 0.1) is 18.7 Å². The van der Waals surface area contributed by atoms with Gasteiger partial charge in [0.15, 0.2) is 4.96 Å². The van der Waals surface area contributed by atoms with Gasteiger partial charge in [-0.25, -0.2) is 4.98 Å². The molecule has 0 aliphatic heterocycles. The highest BCUT2D eigenvalue weighted by atomic mass is 32.1. The number of thiazole rings is 1. The number of likely N-dealkylation sites (N-methyl/N-ethyl adjacent to an activating group) is 1. The van der Waals surface area contributed by atoms with Crippen molar-refractivity contribution in [3.8, 4) is 17.0 Å². The summed E-state index contributed by atoms with van der Waals surface area (Å²) in [6.07, 6.45) is 2.34. The third-order valence-electron chi connectivity index (χ3n) is 5.01. The van der Waals surface area contributed by atoms with Crippen LogP contribution < -0.4 is 9.64 Å². The van der Waals surface area contributed by atoms with Gasteiger partial charge in [-0.15, -0.1) is 11.3 Å². The van der Waals surface area contributed by atoms with E-state index in [1.165, 1.54) is 0 Å². The van der Waals surface area contributed by atoms with Crippen LogP contribution in [0.25, 0.3) is 16.2 Å². The lowest BCUT2D eigenvalue weighted by atomic mass is 10.1. The van der Waals surface area contributed by atoms with Crippen LogP contribution in [0.1, 0.15) is 25.1 Å². The fourth-order valence-electron chi connectivity index (χ4n) is 3.53. The van der Waals surface area contributed by atoms with Crippen molar-refractivity contribution in [2.45, 2.75) is 27.2 Å². The van der Waals surface area contributed by atoms with Gasteiger partial charge < -0.3 is 9.64 Å². The molecule has 0 N–H and O–H groups in total. The standard InChI is InChI=1S/C24H25N3O2S/c1-4-26(19-8-6-7-17(3)13-19)23(28)14-20-16-30-24-25-22(15-27(20)24)18-9-11-21(12-10-18)29-5-2/h6-13,15-16H,4-5,14H2,1-3H3. The van der Waals surface area contributed by atoms with Crippen LogP contribution in [0.2, 0.25) is 0 Å². The number of rotatable bonds is 7. The van der Waals surface area contributed by atoms with Gasteiger partial charge >= 0.3 is 0 Å². The molecule has 0 unspecified atom stereocenters. The molecule has 2 aromatic carbocycles. The lowest BCUT2D eigenvalue weighted by Crippen LogP contribution is -2.32. The number of hydrogen-bond donors (Lipinski definition) is 0. The molecule has 30 heavy (non-hydrogen) atoms. The minimum atomic E-state index is 0.0825. The molecule has 154 valence electrons. The first kappa shape index (κ1) is 20.2. The maximum atomic E-state index is 13.1. The first-order chi connectivity index (χ1) is 14.6. The van der Waals surface area contributed by atoms with Crippen molar-refractivity contribution >= 4 is 27.9 Å². The number of aryl methyl sites for hydroxylation is 1. The number of ether oxygens (including phenoxy) is 1. The number of benzene rings is 2. The Morgan fingerprint density at radius 3 is 2.67 bits per heavy atom. The van der Waals surface area contributed by atoms with E-state index in [1.807, 2.05) is 90.2 Å². The fourth-order valence-corrected chi connectivity index (χ4v) is 4.41. The largest absolute Gasteiger partial charge is 0.494 e. The normalized spacial score (nSPS) is 11.0. The molecule has 2 aromatic heterocycles. The monoisotopic (exact) mass is 419 g/mol. The smallest absolute Gasteiger partial charge is 0.232 e. The maximum absolute atomic E-state index is 13.1. The highest BCUT2D eigenvalue weighted by molar-refractivity contribution is 7.15. The van der Waals surface area contributed by atoms with E-state index in [0.29, 0.717) is 19.6 Å². The first-order valence-corrected chi connectivity index (χ1v) is 11.0. The average Bonchev–Trinajstić information content (AvgIpc) is 3.31. The fraction of sp³-hybridized carbons (Fsp3) is 0.250. The van der Waals surface area contributed by atoms with Crippen molar-refractivity contribution in [2.75, 3.05) is 18.1 Å². The summed E-state index contributed by atoms with van der Waals surface area (Å²) in [5.41, 5.74) is 4.96. The van der Waals surface area contributed by atoms with Gasteiger partial charge in [0.1, 0.15) is 5.75 Å². The van der Waals surface area contributed by atoms with E-state index in [4.69, 9.17) is 9.72 Å². The predicted octanol–water partition coefficient (Wildman–Crippen LogP) is 5.37. The SMILES string of the molecule is CCOc1ccc(-c2cn3c(CC(=O)N(CC)c4cccc(C)c4)csc3n2)cc1. The summed E-state index contributed by atoms with van der Waals surface area (Å²) >= 11 is 1.56. The van der Waals surface area contributed by atoms with E-state index in [-0.39, 0.29) is 5.91 Å². The van der Waals surface area contributed by atoms with E-state index in [9.17, 15) is 4.79 Å². The van der Waals surface area contributed by atoms with Gasteiger partial charge in [-0.3, -0.25) is 9.20 Å². The third kappa shape index (κ3) is 4.09. The Morgan fingerprint density at radius 1 is 1.17 bits per heavy atom. The molecule has 0 aliphatic rings. The predicted molar refractivity (Wildman–Crippen MR) is 123 cm³/mol. The summed E-state index contributed by atoms with van der Waals surface area (Å²) in [5.74, 6) is 0.934. The van der Waals surface area contributed by atoms with Crippen molar-refractivity contribution < 1.29 is 9.53 Å². The third-order valence-corrected chi connectivity index (χ3v) is 5.90. The Hall–Kier alpha value is -3.12. The van der Waals surface area contributed by atoms with Crippen LogP contribution in [-0.4, -0.2) is 28.4 Å². The number of nitrogens with zero attached hydrogens (tertiary/aromatic N) is 3. The molecule has 0 bridgehead atoms. The summed E-state index contributed by atoms with van der Waals surface area (Å²) in [7, 11) is 0. The lowest BCUT2D eigenvalue weighted by molar-refractivity contribution is -0.118. The van der Waals surface area contributed by atoms with E-state index >= 15 is 0 Å². The second-order valence-electron chi connectivity index (χ2n) is 7.12. The molecule has 1 amide bonds. The van der Waals surface area contributed by atoms with Gasteiger partial charge in [-0.1, -0.05) is 12.1 Å². The summed E-state index contributed by atoms with van der Waals surface area (Å²) in [4.78, 5) is 20.5. The molecule has 0 radical (unpaired) electrons. The lowest BCUT2D eigenvalue weighted by Gasteiger charge is -2.21. The number of carbonyl (C=O) groups is 1. The minimum absolute atomic E-state index is 0.0825. The zero-order valence-corrected chi connectivity index (χ0v) is 18.3. The van der Waals surface area contributed by atoms with E-state index in [0.717, 1.165) is 38.9 Å². The van der Waals surface area contributed by atoms with Crippen molar-refractivity contribution in [1.82, 2.24) is 9.38 Å². The molecular formula is C24H25N3O2S. The molecule has 0 spiro atoms. The minimum Gasteiger partial charge on any atom is -0.494 e. The summed E-state index contributed by atoms with van der Waals surface area (Å²) < 4.78 is 7.54. The van der Waals surface area contributed by atoms with Crippen LogP contribution in [0.5, 0.6) is 5.75 Å². The summed E-state index contributed by atoms with van der Waals surface area (Å²) in [6, 6.07) is 16.0. The number of fused-ring (bicyclic) bond motifs is 1. The number of hydrogen-bond acceptors (Lipinski definition) is 4. The molecular weight excluding hydrogens is 394 g/mol. The van der Waals surface area contributed by atoms with Crippen LogP contribution in [0.4, 0.5) is 5.69 Å². The van der Waals surface area contributed by atoms with Gasteiger partial charge in [-0.2, -0.15) is 0 Å². The molecule has 0 aliphatic carbocycles. The van der Waals surface area contributed by atoms with Crippen LogP contribution >= 0.6 is 11.3 Å². The van der Waals surface area contributed by atoms with Crippen LogP contribution in [0, 0.1) is 6.92 Å². The molecule has 4 aromatic rings. The molecule has 0 saturated heterocycles. The van der Waals surface area contributed by atoms with Crippen LogP contribution in [0.15, 0.2) is 60.1 Å². The number of carbonyl (C=O) groups excluding carboxylic acids is 1. The Kier molecular flexibility index (Phi) is 5.86. The van der Waals surface area contributed by atoms with Crippen LogP contribution in [-0.2, 0) is 11.2 Å². The summed E-state index contributed by atoms with van der Waals surface area (Å²) in [5, 5.41) is 2.02. The second kappa shape index (κ2) is 8.71. The Morgan fingerprint density at radius 2 is 1.97 bits per heavy atom. The average molecular weight is 420 g/mol. The van der Waals surface area contributed by atoms with E-state index in [1.54, 1.807) is 11.3 Å². The maximum Gasteiger partial charge on any atom is 0.232 e. The van der Waals surface area contributed by atoms with Crippen LogP contribution in [0.3, 0.4) is 0 Å². The Labute approximate surface area is 180 Å². The molecule has 0 saturated carbocycles. The Balaban J connectivity index is 1.56. The molecule has 5 nitrogen and oxygen atoms in total. The van der Waals surface area contributed by atoms with Crippen molar-refractivity contribution in [3.05, 3.63) is 71.4 Å². The topological polar surface area (TPSA) is 46.8 Å². The van der Waals surface area contributed by atoms with E-state index in [2.05, 4.69) is 0 Å². The zero-order chi connectivity index (χ0) is 21.1. The highest BCUT2D eigenvalue weighted by Crippen LogP contribution is 2.26. The number of imidazole rings is 1. The highest BCUT2D eigenvalue weighted by Gasteiger charge is 2.18. The number of anilines is 1. The molecule has 2 heterocycles. The quantitative estimate of drug-likeness (QED) is 0.405. The number of amides is 1. The van der Waals surface area contributed by atoms with E-state index < -0.39 is 0 Å². The first-order valence-electron chi connectivity index (χ1n) is 10.1. The number of aromatic nitrogens is 2. The van der Waals surface area contributed by atoms with Gasteiger partial charge in [0.2, 0.25) is 5.91 Å². The zero-order valence-electron chi connectivity index (χ0n) is 17.5. The molecule has 4 rings (SSSR count). The van der Waals surface area contributed by atoms with Gasteiger partial charge in [0.25, 0.3) is 0 Å². The second-order valence-corrected chi connectivity index (χ2v) is 7.95. The van der Waals surface area contributed by atoms with Gasteiger partial charge in [0, 0.05) is 35.1 Å². The molecule has 0 fully saturated rings. The van der Waals surface area contributed by atoms with Gasteiger partial charge in [-0.05, 0) is 62.7 Å².